The van der Waals surface area contributed by atoms with Crippen molar-refractivity contribution in [2.75, 3.05) is 0 Å². The largest absolute Gasteiger partial charge is 0.478 e. The van der Waals surface area contributed by atoms with Crippen LogP contribution in [0.4, 0.5) is 0 Å². The van der Waals surface area contributed by atoms with Gasteiger partial charge in [0.2, 0.25) is 0 Å². The Morgan fingerprint density at radius 2 is 1.97 bits per heavy atom. The van der Waals surface area contributed by atoms with Gasteiger partial charge in [-0.2, -0.15) is 0 Å². The highest BCUT2D eigenvalue weighted by molar-refractivity contribution is 5.86. The van der Waals surface area contributed by atoms with Gasteiger partial charge >= 0.3 is 5.97 Å². The molecule has 0 spiro atoms. The monoisotopic (exact) mass is 452 g/mol. The van der Waals surface area contributed by atoms with Crippen molar-refractivity contribution >= 4 is 11.8 Å². The highest BCUT2D eigenvalue weighted by Gasteiger charge is 2.62. The van der Waals surface area contributed by atoms with E-state index in [1.54, 1.807) is 12.5 Å². The molecule has 1 N–H and O–H groups in total. The van der Waals surface area contributed by atoms with Crippen LogP contribution in [0.2, 0.25) is 0 Å². The maximum Gasteiger partial charge on any atom is 0.330 e. The van der Waals surface area contributed by atoms with Gasteiger partial charge in [-0.3, -0.25) is 4.79 Å². The lowest BCUT2D eigenvalue weighted by Crippen LogP contribution is -2.55. The molecule has 33 heavy (non-hydrogen) atoms. The molecule has 0 aromatic rings. The third-order valence-electron chi connectivity index (χ3n) is 10.8. The molecular formula is C30H44O3. The molecule has 1 unspecified atom stereocenters. The SMILES string of the molecule is C=C1C[C@H]2C(=CC[C@H]3C(C)(C)C(=O)CC[C@]23C)[C@]2(C)CC[C@H]([C@H](C)CC/C=C(/C)C(=O)O)C12. The lowest BCUT2D eigenvalue weighted by Gasteiger charge is -2.61. The van der Waals surface area contributed by atoms with E-state index >= 15 is 0 Å². The number of carboxylic acids is 1. The van der Waals surface area contributed by atoms with Crippen LogP contribution in [-0.4, -0.2) is 16.9 Å². The van der Waals surface area contributed by atoms with E-state index in [9.17, 15) is 9.59 Å². The summed E-state index contributed by atoms with van der Waals surface area (Å²) in [5, 5.41) is 9.14. The Balaban J connectivity index is 1.59. The molecular weight excluding hydrogens is 408 g/mol. The van der Waals surface area contributed by atoms with Crippen molar-refractivity contribution in [1.82, 2.24) is 0 Å². The summed E-state index contributed by atoms with van der Waals surface area (Å²) in [6, 6.07) is 0. The molecule has 4 rings (SSSR count). The Hall–Kier alpha value is -1.64. The molecule has 4 aliphatic carbocycles. The summed E-state index contributed by atoms with van der Waals surface area (Å²) in [5.41, 5.74) is 3.70. The Bertz CT molecular complexity index is 921. The molecule has 0 aromatic heterocycles. The summed E-state index contributed by atoms with van der Waals surface area (Å²) in [5.74, 6) is 2.28. The first-order valence-electron chi connectivity index (χ1n) is 13.2. The van der Waals surface area contributed by atoms with Crippen LogP contribution in [0.25, 0.3) is 0 Å². The minimum Gasteiger partial charge on any atom is -0.478 e. The van der Waals surface area contributed by atoms with Crippen molar-refractivity contribution in [2.24, 2.45) is 45.8 Å². The van der Waals surface area contributed by atoms with Crippen molar-refractivity contribution in [3.8, 4) is 0 Å². The summed E-state index contributed by atoms with van der Waals surface area (Å²) in [6.45, 7) is 18.1. The topological polar surface area (TPSA) is 54.4 Å². The molecule has 182 valence electrons. The average Bonchev–Trinajstić information content (AvgIpc) is 3.11. The molecule has 0 heterocycles. The van der Waals surface area contributed by atoms with Crippen LogP contribution in [0.15, 0.2) is 35.5 Å². The average molecular weight is 453 g/mol. The molecule has 3 fully saturated rings. The van der Waals surface area contributed by atoms with Crippen LogP contribution in [0.1, 0.15) is 92.9 Å². The number of fused-ring (bicyclic) bond motifs is 5. The molecule has 3 saturated carbocycles. The van der Waals surface area contributed by atoms with E-state index in [-0.39, 0.29) is 16.2 Å². The van der Waals surface area contributed by atoms with Gasteiger partial charge in [0.05, 0.1) is 0 Å². The van der Waals surface area contributed by atoms with E-state index in [1.165, 1.54) is 18.4 Å². The van der Waals surface area contributed by atoms with Crippen molar-refractivity contribution in [1.29, 1.82) is 0 Å². The Morgan fingerprint density at radius 1 is 1.27 bits per heavy atom. The van der Waals surface area contributed by atoms with E-state index < -0.39 is 5.97 Å². The fourth-order valence-electron chi connectivity index (χ4n) is 8.80. The fraction of sp³-hybridized carbons (Fsp3) is 0.733. The fourth-order valence-corrected chi connectivity index (χ4v) is 8.80. The van der Waals surface area contributed by atoms with E-state index in [0.29, 0.717) is 40.9 Å². The van der Waals surface area contributed by atoms with Crippen LogP contribution >= 0.6 is 0 Å². The number of rotatable bonds is 5. The van der Waals surface area contributed by atoms with Gasteiger partial charge in [-0.15, -0.1) is 0 Å². The van der Waals surface area contributed by atoms with E-state index in [2.05, 4.69) is 40.7 Å². The Morgan fingerprint density at radius 3 is 2.64 bits per heavy atom. The van der Waals surface area contributed by atoms with Crippen LogP contribution < -0.4 is 0 Å². The van der Waals surface area contributed by atoms with Crippen molar-refractivity contribution in [3.05, 3.63) is 35.5 Å². The third kappa shape index (κ3) is 3.69. The number of Topliss-reactive ketones (excluding diaryl/α,β-unsaturated/α-hetero) is 1. The second-order valence-corrected chi connectivity index (χ2v) is 12.9. The molecule has 0 radical (unpaired) electrons. The number of hydrogen-bond donors (Lipinski definition) is 1. The van der Waals surface area contributed by atoms with Gasteiger partial charge < -0.3 is 5.11 Å². The summed E-state index contributed by atoms with van der Waals surface area (Å²) >= 11 is 0. The molecule has 4 aliphatic rings. The third-order valence-corrected chi connectivity index (χ3v) is 10.8. The van der Waals surface area contributed by atoms with Gasteiger partial charge in [0.25, 0.3) is 0 Å². The quantitative estimate of drug-likeness (QED) is 0.349. The van der Waals surface area contributed by atoms with Gasteiger partial charge in [-0.25, -0.2) is 4.79 Å². The highest BCUT2D eigenvalue weighted by atomic mass is 16.4. The van der Waals surface area contributed by atoms with Crippen molar-refractivity contribution in [3.63, 3.8) is 0 Å². The molecule has 0 saturated heterocycles. The smallest absolute Gasteiger partial charge is 0.330 e. The number of aliphatic carboxylic acids is 1. The zero-order valence-corrected chi connectivity index (χ0v) is 21.7. The van der Waals surface area contributed by atoms with Crippen molar-refractivity contribution < 1.29 is 14.7 Å². The Kier molecular flexibility index (Phi) is 6.11. The molecule has 0 aromatic carbocycles. The number of allylic oxidation sites excluding steroid dienone is 4. The summed E-state index contributed by atoms with van der Waals surface area (Å²) < 4.78 is 0. The summed E-state index contributed by atoms with van der Waals surface area (Å²) in [4.78, 5) is 23.9. The zero-order valence-electron chi connectivity index (χ0n) is 21.7. The minimum atomic E-state index is -0.814. The highest BCUT2D eigenvalue weighted by Crippen LogP contribution is 2.69. The van der Waals surface area contributed by atoms with E-state index in [0.717, 1.165) is 38.5 Å². The van der Waals surface area contributed by atoms with Crippen LogP contribution in [0, 0.1) is 45.8 Å². The standard InChI is InChI=1S/C30H44O3/c1-18(9-8-10-19(2)27(32)33)21-13-15-30(7)22-11-12-24-28(4,5)25(31)14-16-29(24,6)23(22)17-20(3)26(21)30/h10-11,18,21,23-24,26H,3,8-9,12-17H2,1-2,4-7H3,(H,32,33)/b19-10-/t18-,21-,23+,24+,26?,29-,30+/m1/s1. The Labute approximate surface area is 200 Å². The van der Waals surface area contributed by atoms with Gasteiger partial charge in [-0.05, 0) is 92.3 Å². The number of carboxylic acid groups (broad SMARTS) is 1. The lowest BCUT2D eigenvalue weighted by molar-refractivity contribution is -0.144. The van der Waals surface area contributed by atoms with Gasteiger partial charge in [0, 0.05) is 17.4 Å². The second-order valence-electron chi connectivity index (χ2n) is 12.9. The van der Waals surface area contributed by atoms with Crippen LogP contribution in [0.5, 0.6) is 0 Å². The molecule has 3 nitrogen and oxygen atoms in total. The predicted molar refractivity (Wildman–Crippen MR) is 134 cm³/mol. The normalized spacial score (nSPS) is 41.0. The minimum absolute atomic E-state index is 0.182. The van der Waals surface area contributed by atoms with E-state index in [1.807, 2.05) is 6.08 Å². The molecule has 0 aliphatic heterocycles. The predicted octanol–water partition coefficient (Wildman–Crippen LogP) is 7.38. The number of ketones is 1. The molecule has 7 atom stereocenters. The first-order valence-corrected chi connectivity index (χ1v) is 13.2. The number of carbonyl (C=O) groups excluding carboxylic acids is 1. The maximum absolute atomic E-state index is 12.8. The second kappa shape index (κ2) is 8.24. The zero-order chi connectivity index (χ0) is 24.3. The summed E-state index contributed by atoms with van der Waals surface area (Å²) in [7, 11) is 0. The van der Waals surface area contributed by atoms with Gasteiger partial charge in [0.15, 0.2) is 0 Å². The van der Waals surface area contributed by atoms with Gasteiger partial charge in [-0.1, -0.05) is 64.5 Å². The first kappa shape index (κ1) is 24.5. The molecule has 0 bridgehead atoms. The summed E-state index contributed by atoms with van der Waals surface area (Å²) in [6.07, 6.45) is 12.6. The lowest BCUT2D eigenvalue weighted by atomic mass is 9.43. The number of carbonyl (C=O) groups is 2. The maximum atomic E-state index is 12.8. The van der Waals surface area contributed by atoms with Gasteiger partial charge in [0.1, 0.15) is 5.78 Å². The van der Waals surface area contributed by atoms with Crippen molar-refractivity contribution in [2.45, 2.75) is 92.9 Å². The van der Waals surface area contributed by atoms with E-state index in [4.69, 9.17) is 11.7 Å². The first-order chi connectivity index (χ1) is 15.3. The molecule has 3 heteroatoms. The molecule has 0 amide bonds. The van der Waals surface area contributed by atoms with Crippen LogP contribution in [-0.2, 0) is 9.59 Å². The van der Waals surface area contributed by atoms with Crippen LogP contribution in [0.3, 0.4) is 0 Å². The number of hydrogen-bond acceptors (Lipinski definition) is 2.